The first kappa shape index (κ1) is 24.7. The van der Waals surface area contributed by atoms with Crippen LogP contribution in [0.4, 0.5) is 17.4 Å². The summed E-state index contributed by atoms with van der Waals surface area (Å²) in [7, 11) is 1.45. The van der Waals surface area contributed by atoms with Gasteiger partial charge < -0.3 is 29.6 Å². The summed E-state index contributed by atoms with van der Waals surface area (Å²) in [5.74, 6) is -1.41. The molecule has 2 heterocycles. The molecule has 1 aliphatic carbocycles. The van der Waals surface area contributed by atoms with Gasteiger partial charge in [0.05, 0.1) is 29.9 Å². The van der Waals surface area contributed by atoms with Crippen molar-refractivity contribution in [3.63, 3.8) is 0 Å². The van der Waals surface area contributed by atoms with E-state index in [1.54, 1.807) is 24.3 Å². The minimum Gasteiger partial charge on any atom is -0.494 e. The Bertz CT molecular complexity index is 1230. The number of ether oxygens (including phenoxy) is 2. The smallest absolute Gasteiger partial charge is 0.320 e. The molecule has 35 heavy (non-hydrogen) atoms. The molecular formula is C22H21BrClN5O6. The predicted molar refractivity (Wildman–Crippen MR) is 129 cm³/mol. The number of aromatic nitrogens is 3. The van der Waals surface area contributed by atoms with Crippen molar-refractivity contribution < 1.29 is 28.6 Å². The molecule has 1 amide bonds. The van der Waals surface area contributed by atoms with Gasteiger partial charge in [-0.2, -0.15) is 0 Å². The minimum atomic E-state index is -0.774. The Morgan fingerprint density at radius 2 is 1.94 bits per heavy atom. The van der Waals surface area contributed by atoms with Gasteiger partial charge in [-0.05, 0) is 43.9 Å². The van der Waals surface area contributed by atoms with Gasteiger partial charge in [0, 0.05) is 10.5 Å². The lowest BCUT2D eigenvalue weighted by Gasteiger charge is -2.26. The molecule has 0 saturated heterocycles. The van der Waals surface area contributed by atoms with Gasteiger partial charge in [-0.25, -0.2) is 4.98 Å². The van der Waals surface area contributed by atoms with Crippen molar-refractivity contribution >= 4 is 56.8 Å². The van der Waals surface area contributed by atoms with Crippen molar-refractivity contribution in [3.8, 4) is 11.6 Å². The number of hydrogen-bond donors (Lipinski definition) is 3. The summed E-state index contributed by atoms with van der Waals surface area (Å²) in [4.78, 5) is 28.0. The predicted octanol–water partition coefficient (Wildman–Crippen LogP) is 4.91. The molecule has 11 nitrogen and oxygen atoms in total. The molecule has 3 aromatic rings. The summed E-state index contributed by atoms with van der Waals surface area (Å²) in [6.07, 6.45) is 3.62. The monoisotopic (exact) mass is 565 g/mol. The molecule has 0 radical (unpaired) electrons. The van der Waals surface area contributed by atoms with Crippen molar-refractivity contribution in [2.45, 2.75) is 31.8 Å². The van der Waals surface area contributed by atoms with Crippen LogP contribution in [0.1, 0.15) is 36.4 Å². The number of anilines is 3. The molecule has 0 spiro atoms. The zero-order chi connectivity index (χ0) is 24.9. The molecule has 1 saturated carbocycles. The first-order valence-corrected chi connectivity index (χ1v) is 11.8. The van der Waals surface area contributed by atoms with E-state index in [9.17, 15) is 9.59 Å². The summed E-state index contributed by atoms with van der Waals surface area (Å²) in [5, 5.41) is 22.6. The van der Waals surface area contributed by atoms with E-state index >= 15 is 0 Å². The maximum Gasteiger partial charge on any atom is 0.320 e. The van der Waals surface area contributed by atoms with Gasteiger partial charge >= 0.3 is 23.8 Å². The summed E-state index contributed by atoms with van der Waals surface area (Å²) >= 11 is 9.49. The number of aliphatic carboxylic acids is 1. The zero-order valence-corrected chi connectivity index (χ0v) is 20.8. The Balaban J connectivity index is 1.38. The molecule has 1 aliphatic rings. The minimum absolute atomic E-state index is 0.00849. The number of benzene rings is 1. The van der Waals surface area contributed by atoms with Gasteiger partial charge in [0.15, 0.2) is 0 Å². The van der Waals surface area contributed by atoms with Gasteiger partial charge in [-0.3, -0.25) is 9.59 Å². The molecule has 1 fully saturated rings. The Hall–Kier alpha value is -3.38. The molecule has 0 bridgehead atoms. The lowest BCUT2D eigenvalue weighted by molar-refractivity contribution is -0.143. The van der Waals surface area contributed by atoms with Crippen LogP contribution in [-0.4, -0.2) is 45.4 Å². The quantitative estimate of drug-likeness (QED) is 0.343. The Morgan fingerprint density at radius 1 is 1.17 bits per heavy atom. The number of carboxylic acids is 1. The number of carboxylic acid groups (broad SMARTS) is 1. The van der Waals surface area contributed by atoms with E-state index in [1.165, 1.54) is 13.3 Å². The maximum atomic E-state index is 12.6. The molecule has 0 aliphatic heterocycles. The fourth-order valence-electron chi connectivity index (χ4n) is 3.59. The van der Waals surface area contributed by atoms with Gasteiger partial charge in [0.25, 0.3) is 0 Å². The van der Waals surface area contributed by atoms with Crippen LogP contribution < -0.4 is 20.1 Å². The Labute approximate surface area is 213 Å². The van der Waals surface area contributed by atoms with Crippen LogP contribution in [0.2, 0.25) is 5.02 Å². The standard InChI is InChI=1S/C22H21BrClN5O6/c1-33-17-9-18(34-13-5-2-11(3-6-13)21(31)32)25-10-16(17)26-19(30)20-28-29-22(35-20)27-15-7-4-12(23)8-14(15)24/h4,7-11,13H,2-3,5-6H2,1H3,(H,26,30)(H,27,29)(H,31,32)/t11-,13+. The van der Waals surface area contributed by atoms with Gasteiger partial charge in [0.2, 0.25) is 5.88 Å². The lowest BCUT2D eigenvalue weighted by atomic mass is 9.87. The van der Waals surface area contributed by atoms with E-state index < -0.39 is 11.9 Å². The zero-order valence-electron chi connectivity index (χ0n) is 18.5. The summed E-state index contributed by atoms with van der Waals surface area (Å²) in [5.41, 5.74) is 0.812. The number of rotatable bonds is 8. The average Bonchev–Trinajstić information content (AvgIpc) is 3.31. The number of halogens is 2. The van der Waals surface area contributed by atoms with Crippen LogP contribution in [0.25, 0.3) is 0 Å². The van der Waals surface area contributed by atoms with Gasteiger partial charge in [-0.1, -0.05) is 32.6 Å². The first-order valence-electron chi connectivity index (χ1n) is 10.6. The second-order valence-electron chi connectivity index (χ2n) is 7.77. The third-order valence-electron chi connectivity index (χ3n) is 5.41. The third kappa shape index (κ3) is 6.20. The third-order valence-corrected chi connectivity index (χ3v) is 6.22. The first-order chi connectivity index (χ1) is 16.8. The SMILES string of the molecule is COc1cc(O[C@H]2CC[C@@H](C(=O)O)CC2)ncc1NC(=O)c1nnc(Nc2ccc(Br)cc2Cl)o1. The maximum absolute atomic E-state index is 12.6. The molecule has 4 rings (SSSR count). The van der Waals surface area contributed by atoms with Crippen LogP contribution in [0, 0.1) is 5.92 Å². The number of hydrogen-bond acceptors (Lipinski definition) is 9. The highest BCUT2D eigenvalue weighted by Gasteiger charge is 2.27. The second-order valence-corrected chi connectivity index (χ2v) is 9.09. The summed E-state index contributed by atoms with van der Waals surface area (Å²) in [6.45, 7) is 0. The number of nitrogens with zero attached hydrogens (tertiary/aromatic N) is 3. The van der Waals surface area contributed by atoms with Crippen LogP contribution in [0.3, 0.4) is 0 Å². The van der Waals surface area contributed by atoms with E-state index in [0.29, 0.717) is 48.0 Å². The van der Waals surface area contributed by atoms with Crippen molar-refractivity contribution in [2.75, 3.05) is 17.7 Å². The highest BCUT2D eigenvalue weighted by atomic mass is 79.9. The van der Waals surface area contributed by atoms with E-state index in [-0.39, 0.29) is 29.6 Å². The molecule has 0 unspecified atom stereocenters. The average molecular weight is 567 g/mol. The van der Waals surface area contributed by atoms with E-state index in [0.717, 1.165) is 4.47 Å². The Morgan fingerprint density at radius 3 is 2.63 bits per heavy atom. The Kier molecular flexibility index (Phi) is 7.71. The molecular weight excluding hydrogens is 546 g/mol. The number of carbonyl (C=O) groups is 2. The van der Waals surface area contributed by atoms with Crippen LogP contribution >= 0.6 is 27.5 Å². The highest BCUT2D eigenvalue weighted by Crippen LogP contribution is 2.32. The van der Waals surface area contributed by atoms with E-state index in [4.69, 9.17) is 30.6 Å². The molecule has 13 heteroatoms. The van der Waals surface area contributed by atoms with Gasteiger partial charge in [-0.15, -0.1) is 5.10 Å². The van der Waals surface area contributed by atoms with E-state index in [2.05, 4.69) is 41.7 Å². The number of carbonyl (C=O) groups excluding carboxylic acids is 1. The van der Waals surface area contributed by atoms with Crippen molar-refractivity contribution in [3.05, 3.63) is 45.8 Å². The summed E-state index contributed by atoms with van der Waals surface area (Å²) in [6, 6.07) is 6.74. The molecule has 2 aromatic heterocycles. The normalized spacial score (nSPS) is 17.5. The topological polar surface area (TPSA) is 149 Å². The number of methoxy groups -OCH3 is 1. The van der Waals surface area contributed by atoms with Crippen LogP contribution in [0.15, 0.2) is 39.4 Å². The summed E-state index contributed by atoms with van der Waals surface area (Å²) < 4.78 is 17.4. The fourth-order valence-corrected chi connectivity index (χ4v) is 4.31. The van der Waals surface area contributed by atoms with E-state index in [1.807, 2.05) is 0 Å². The molecule has 1 aromatic carbocycles. The molecule has 184 valence electrons. The highest BCUT2D eigenvalue weighted by molar-refractivity contribution is 9.10. The van der Waals surface area contributed by atoms with Crippen molar-refractivity contribution in [2.24, 2.45) is 5.92 Å². The molecule has 3 N–H and O–H groups in total. The van der Waals surface area contributed by atoms with Crippen LogP contribution in [0.5, 0.6) is 11.6 Å². The number of pyridine rings is 1. The number of amides is 1. The van der Waals surface area contributed by atoms with Crippen molar-refractivity contribution in [1.29, 1.82) is 0 Å². The van der Waals surface area contributed by atoms with Crippen molar-refractivity contribution in [1.82, 2.24) is 15.2 Å². The van der Waals surface area contributed by atoms with Gasteiger partial charge in [0.1, 0.15) is 17.5 Å². The molecule has 0 atom stereocenters. The largest absolute Gasteiger partial charge is 0.494 e. The fraction of sp³-hybridized carbons (Fsp3) is 0.318. The van der Waals surface area contributed by atoms with Crippen LogP contribution in [-0.2, 0) is 4.79 Å². The lowest BCUT2D eigenvalue weighted by Crippen LogP contribution is -2.28. The number of nitrogens with one attached hydrogen (secondary N) is 2. The second kappa shape index (κ2) is 10.9.